The molecule has 0 aliphatic heterocycles. The number of thioether (sulfide) groups is 1. The van der Waals surface area contributed by atoms with Crippen LogP contribution in [-0.4, -0.2) is 54.0 Å². The molecule has 1 aliphatic rings. The molecule has 0 fully saturated rings. The summed E-state index contributed by atoms with van der Waals surface area (Å²) in [4.78, 5) is 55.1. The maximum absolute atomic E-state index is 12.6. The Bertz CT molecular complexity index is 1470. The van der Waals surface area contributed by atoms with E-state index in [1.165, 1.54) is 36.9 Å². The van der Waals surface area contributed by atoms with Crippen LogP contribution in [0, 0.1) is 0 Å². The number of hydrogen-bond acceptors (Lipinski definition) is 9. The number of fused-ring (bicyclic) bond motifs is 2. The summed E-state index contributed by atoms with van der Waals surface area (Å²) in [6.45, 7) is 4.21. The maximum Gasteiger partial charge on any atom is 0.341 e. The molecule has 2 amide bonds. The molecule has 3 aromatic rings. The highest BCUT2D eigenvalue weighted by Crippen LogP contribution is 2.39. The van der Waals surface area contributed by atoms with Crippen molar-refractivity contribution in [2.24, 2.45) is 4.99 Å². The Morgan fingerprint density at radius 2 is 1.92 bits per heavy atom. The molecule has 0 saturated carbocycles. The highest BCUT2D eigenvalue weighted by Gasteiger charge is 2.28. The normalized spacial score (nSPS) is 12.9. The van der Waals surface area contributed by atoms with Crippen LogP contribution in [0.4, 0.5) is 5.00 Å². The van der Waals surface area contributed by atoms with E-state index >= 15 is 0 Å². The van der Waals surface area contributed by atoms with Gasteiger partial charge in [0.25, 0.3) is 5.91 Å². The molecule has 0 unspecified atom stereocenters. The van der Waals surface area contributed by atoms with Crippen molar-refractivity contribution in [1.82, 2.24) is 4.57 Å². The number of nitrogens with one attached hydrogen (secondary N) is 1. The summed E-state index contributed by atoms with van der Waals surface area (Å²) in [7, 11) is 2.64. The Labute approximate surface area is 225 Å². The van der Waals surface area contributed by atoms with Crippen LogP contribution in [0.5, 0.6) is 0 Å². The monoisotopic (exact) mass is 559 g/mol. The van der Waals surface area contributed by atoms with E-state index in [9.17, 15) is 19.2 Å². The first-order valence-corrected chi connectivity index (χ1v) is 14.2. The lowest BCUT2D eigenvalue weighted by molar-refractivity contribution is -0.115. The Morgan fingerprint density at radius 1 is 1.14 bits per heavy atom. The van der Waals surface area contributed by atoms with E-state index in [4.69, 9.17) is 9.47 Å². The summed E-state index contributed by atoms with van der Waals surface area (Å²) in [5.41, 5.74) is 2.63. The van der Waals surface area contributed by atoms with Gasteiger partial charge in [-0.25, -0.2) is 9.59 Å². The standard InChI is InChI=1S/C25H25N3O6S3/c1-4-10-28-16-9-8-14(23(31)33-2)11-18(16)37-25(28)27-20(30)13-35-12-19(29)26-22-21(24(32)34-3)15-6-5-7-17(15)36-22/h4,8-9,11H,1,5-7,10,12-13H2,2-3H3,(H,26,29). The number of methoxy groups -OCH3 is 2. The zero-order valence-corrected chi connectivity index (χ0v) is 22.8. The summed E-state index contributed by atoms with van der Waals surface area (Å²) >= 11 is 3.83. The van der Waals surface area contributed by atoms with Crippen LogP contribution in [0.15, 0.2) is 35.8 Å². The topological polar surface area (TPSA) is 116 Å². The van der Waals surface area contributed by atoms with Crippen LogP contribution in [0.3, 0.4) is 0 Å². The first kappa shape index (κ1) is 26.8. The van der Waals surface area contributed by atoms with Gasteiger partial charge >= 0.3 is 11.9 Å². The molecule has 0 bridgehead atoms. The number of carbonyl (C=O) groups excluding carboxylic acids is 4. The van der Waals surface area contributed by atoms with Gasteiger partial charge in [0, 0.05) is 11.4 Å². The number of allylic oxidation sites excluding steroid dienone is 1. The van der Waals surface area contributed by atoms with Crippen molar-refractivity contribution in [3.63, 3.8) is 0 Å². The van der Waals surface area contributed by atoms with Crippen molar-refractivity contribution in [3.8, 4) is 0 Å². The number of amides is 2. The van der Waals surface area contributed by atoms with Crippen molar-refractivity contribution in [2.75, 3.05) is 31.0 Å². The van der Waals surface area contributed by atoms with E-state index in [0.29, 0.717) is 27.5 Å². The van der Waals surface area contributed by atoms with Gasteiger partial charge in [-0.3, -0.25) is 9.59 Å². The predicted molar refractivity (Wildman–Crippen MR) is 146 cm³/mol. The zero-order chi connectivity index (χ0) is 26.5. The molecule has 0 saturated heterocycles. The summed E-state index contributed by atoms with van der Waals surface area (Å²) in [6.07, 6.45) is 4.37. The summed E-state index contributed by atoms with van der Waals surface area (Å²) in [6, 6.07) is 5.15. The van der Waals surface area contributed by atoms with Crippen LogP contribution < -0.4 is 10.1 Å². The average molecular weight is 560 g/mol. The first-order valence-electron chi connectivity index (χ1n) is 11.4. The van der Waals surface area contributed by atoms with Gasteiger partial charge in [-0.15, -0.1) is 29.7 Å². The second kappa shape index (κ2) is 11.9. The third-order valence-corrected chi connectivity index (χ3v) is 8.82. The number of aromatic nitrogens is 1. The predicted octanol–water partition coefficient (Wildman–Crippen LogP) is 3.81. The van der Waals surface area contributed by atoms with Crippen molar-refractivity contribution in [3.05, 3.63) is 57.2 Å². The van der Waals surface area contributed by atoms with E-state index in [0.717, 1.165) is 51.7 Å². The minimum Gasteiger partial charge on any atom is -0.465 e. The van der Waals surface area contributed by atoms with Crippen LogP contribution in [0.25, 0.3) is 10.2 Å². The number of hydrogen-bond donors (Lipinski definition) is 1. The molecular weight excluding hydrogens is 534 g/mol. The van der Waals surface area contributed by atoms with Gasteiger partial charge < -0.3 is 19.4 Å². The van der Waals surface area contributed by atoms with Crippen molar-refractivity contribution < 1.29 is 28.7 Å². The molecule has 4 rings (SSSR count). The summed E-state index contributed by atoms with van der Waals surface area (Å²) in [5, 5.41) is 3.31. The highest BCUT2D eigenvalue weighted by molar-refractivity contribution is 8.00. The fourth-order valence-electron chi connectivity index (χ4n) is 4.05. The molecule has 1 N–H and O–H groups in total. The fraction of sp³-hybridized carbons (Fsp3) is 0.320. The number of thiophene rings is 1. The lowest BCUT2D eigenvalue weighted by Gasteiger charge is -2.06. The second-order valence-corrected chi connectivity index (χ2v) is 11.2. The van der Waals surface area contributed by atoms with Gasteiger partial charge in [0.2, 0.25) is 5.91 Å². The Balaban J connectivity index is 1.42. The number of nitrogens with zero attached hydrogens (tertiary/aromatic N) is 2. The first-order chi connectivity index (χ1) is 17.9. The minimum absolute atomic E-state index is 0.00790. The number of aryl methyl sites for hydroxylation is 1. The third-order valence-electron chi connectivity index (χ3n) is 5.66. The van der Waals surface area contributed by atoms with Crippen molar-refractivity contribution >= 4 is 73.4 Å². The van der Waals surface area contributed by atoms with Gasteiger partial charge in [-0.2, -0.15) is 4.99 Å². The molecule has 0 radical (unpaired) electrons. The maximum atomic E-state index is 12.6. The van der Waals surface area contributed by atoms with E-state index in [1.807, 2.05) is 4.57 Å². The Kier molecular flexibility index (Phi) is 8.62. The number of ether oxygens (including phenoxy) is 2. The lowest BCUT2D eigenvalue weighted by atomic mass is 10.1. The summed E-state index contributed by atoms with van der Waals surface area (Å²) < 4.78 is 12.3. The molecule has 0 atom stereocenters. The number of thiazole rings is 1. The van der Waals surface area contributed by atoms with Crippen LogP contribution in [0.2, 0.25) is 0 Å². The Hall–Kier alpha value is -3.22. The van der Waals surface area contributed by atoms with E-state index in [1.54, 1.807) is 24.3 Å². The van der Waals surface area contributed by atoms with Crippen LogP contribution >= 0.6 is 34.4 Å². The minimum atomic E-state index is -0.453. The van der Waals surface area contributed by atoms with Gasteiger partial charge in [0.1, 0.15) is 5.00 Å². The van der Waals surface area contributed by atoms with E-state index in [-0.39, 0.29) is 23.3 Å². The second-order valence-electron chi connectivity index (χ2n) is 8.06. The summed E-state index contributed by atoms with van der Waals surface area (Å²) in [5.74, 6) is -1.55. The average Bonchev–Trinajstić information content (AvgIpc) is 3.56. The largest absolute Gasteiger partial charge is 0.465 e. The lowest BCUT2D eigenvalue weighted by Crippen LogP contribution is -2.19. The molecule has 1 aromatic carbocycles. The van der Waals surface area contributed by atoms with Crippen LogP contribution in [0.1, 0.15) is 37.6 Å². The van der Waals surface area contributed by atoms with Crippen molar-refractivity contribution in [2.45, 2.75) is 25.8 Å². The van der Waals surface area contributed by atoms with Crippen molar-refractivity contribution in [1.29, 1.82) is 0 Å². The molecule has 37 heavy (non-hydrogen) atoms. The number of benzene rings is 1. The highest BCUT2D eigenvalue weighted by atomic mass is 32.2. The molecule has 0 spiro atoms. The smallest absolute Gasteiger partial charge is 0.341 e. The van der Waals surface area contributed by atoms with Crippen LogP contribution in [-0.2, 0) is 38.4 Å². The SMILES string of the molecule is C=CCn1c(=NC(=O)CSCC(=O)Nc2sc3c(c2C(=O)OC)CCC3)sc2cc(C(=O)OC)ccc21. The van der Waals surface area contributed by atoms with E-state index < -0.39 is 11.9 Å². The number of anilines is 1. The van der Waals surface area contributed by atoms with Gasteiger partial charge in [-0.1, -0.05) is 17.4 Å². The van der Waals surface area contributed by atoms with Gasteiger partial charge in [0.15, 0.2) is 4.80 Å². The molecule has 1 aliphatic carbocycles. The zero-order valence-electron chi connectivity index (χ0n) is 20.3. The quantitative estimate of drug-likeness (QED) is 0.313. The van der Waals surface area contributed by atoms with Gasteiger partial charge in [0.05, 0.1) is 47.1 Å². The number of rotatable bonds is 9. The fourth-order valence-corrected chi connectivity index (χ4v) is 7.04. The molecule has 12 heteroatoms. The van der Waals surface area contributed by atoms with Gasteiger partial charge in [-0.05, 0) is 43.0 Å². The molecule has 2 heterocycles. The number of esters is 2. The number of carbonyl (C=O) groups is 4. The molecule has 2 aromatic heterocycles. The third kappa shape index (κ3) is 5.86. The molecule has 9 nitrogen and oxygen atoms in total. The Morgan fingerprint density at radius 3 is 2.65 bits per heavy atom. The molecule has 194 valence electrons. The van der Waals surface area contributed by atoms with E-state index in [2.05, 4.69) is 16.9 Å². The molecular formula is C25H25N3O6S3.